The molecule has 1 fully saturated rings. The third-order valence-electron chi connectivity index (χ3n) is 3.52. The number of morpholine rings is 1. The Kier molecular flexibility index (Phi) is 6.51. The van der Waals surface area contributed by atoms with Crippen molar-refractivity contribution >= 4 is 10.8 Å². The van der Waals surface area contributed by atoms with Crippen LogP contribution in [0.5, 0.6) is 5.75 Å². The molecular formula is C18H25NO2. The molecule has 3 rings (SSSR count). The Bertz CT molecular complexity index is 530. The van der Waals surface area contributed by atoms with E-state index in [1.165, 1.54) is 10.8 Å². The van der Waals surface area contributed by atoms with Gasteiger partial charge in [-0.05, 0) is 11.5 Å². The summed E-state index contributed by atoms with van der Waals surface area (Å²) >= 11 is 0. The SMILES string of the molecule is CC.c1ccc2c(OCCN3CCOCC3)cccc2c1. The van der Waals surface area contributed by atoms with Gasteiger partial charge in [-0.15, -0.1) is 0 Å². The smallest absolute Gasteiger partial charge is 0.127 e. The minimum absolute atomic E-state index is 0.730. The fourth-order valence-electron chi connectivity index (χ4n) is 2.43. The van der Waals surface area contributed by atoms with Crippen LogP contribution >= 0.6 is 0 Å². The van der Waals surface area contributed by atoms with Gasteiger partial charge in [0, 0.05) is 25.0 Å². The number of rotatable bonds is 4. The third kappa shape index (κ3) is 4.45. The summed E-state index contributed by atoms with van der Waals surface area (Å²) in [6.45, 7) is 9.40. The lowest BCUT2D eigenvalue weighted by Gasteiger charge is -2.26. The highest BCUT2D eigenvalue weighted by atomic mass is 16.5. The van der Waals surface area contributed by atoms with Crippen LogP contribution in [0, 0.1) is 0 Å². The summed E-state index contributed by atoms with van der Waals surface area (Å²) in [6, 6.07) is 14.5. The number of hydrogen-bond acceptors (Lipinski definition) is 3. The van der Waals surface area contributed by atoms with Gasteiger partial charge in [0.15, 0.2) is 0 Å². The van der Waals surface area contributed by atoms with Crippen molar-refractivity contribution in [1.29, 1.82) is 0 Å². The average Bonchev–Trinajstić information content (AvgIpc) is 2.58. The van der Waals surface area contributed by atoms with Gasteiger partial charge in [0.05, 0.1) is 13.2 Å². The van der Waals surface area contributed by atoms with E-state index in [0.29, 0.717) is 0 Å². The quantitative estimate of drug-likeness (QED) is 0.858. The van der Waals surface area contributed by atoms with Crippen LogP contribution in [0.2, 0.25) is 0 Å². The van der Waals surface area contributed by atoms with Crippen LogP contribution in [-0.4, -0.2) is 44.4 Å². The molecule has 0 radical (unpaired) electrons. The molecule has 0 aliphatic carbocycles. The predicted octanol–water partition coefficient (Wildman–Crippen LogP) is 3.58. The van der Waals surface area contributed by atoms with Crippen molar-refractivity contribution in [2.45, 2.75) is 13.8 Å². The second kappa shape index (κ2) is 8.65. The number of fused-ring (bicyclic) bond motifs is 1. The lowest BCUT2D eigenvalue weighted by molar-refractivity contribution is 0.0323. The van der Waals surface area contributed by atoms with Crippen molar-refractivity contribution in [2.75, 3.05) is 39.5 Å². The van der Waals surface area contributed by atoms with E-state index in [2.05, 4.69) is 35.2 Å². The summed E-state index contributed by atoms with van der Waals surface area (Å²) in [4.78, 5) is 2.38. The Balaban J connectivity index is 0.000000774. The highest BCUT2D eigenvalue weighted by Crippen LogP contribution is 2.24. The molecule has 3 heteroatoms. The average molecular weight is 287 g/mol. The van der Waals surface area contributed by atoms with E-state index in [-0.39, 0.29) is 0 Å². The first-order valence-electron chi connectivity index (χ1n) is 7.84. The molecule has 2 aromatic carbocycles. The Morgan fingerprint density at radius 2 is 1.71 bits per heavy atom. The van der Waals surface area contributed by atoms with Crippen molar-refractivity contribution in [3.05, 3.63) is 42.5 Å². The number of benzene rings is 2. The maximum absolute atomic E-state index is 5.94. The number of ether oxygens (including phenoxy) is 2. The van der Waals surface area contributed by atoms with E-state index in [4.69, 9.17) is 9.47 Å². The molecule has 1 aliphatic rings. The number of hydrogen-bond donors (Lipinski definition) is 0. The van der Waals surface area contributed by atoms with Gasteiger partial charge >= 0.3 is 0 Å². The summed E-state index contributed by atoms with van der Waals surface area (Å²) in [5.41, 5.74) is 0. The lowest BCUT2D eigenvalue weighted by atomic mass is 10.1. The fourth-order valence-corrected chi connectivity index (χ4v) is 2.43. The second-order valence-electron chi connectivity index (χ2n) is 4.78. The van der Waals surface area contributed by atoms with Crippen LogP contribution in [0.15, 0.2) is 42.5 Å². The molecule has 21 heavy (non-hydrogen) atoms. The third-order valence-corrected chi connectivity index (χ3v) is 3.52. The molecule has 114 valence electrons. The normalized spacial score (nSPS) is 15.3. The maximum Gasteiger partial charge on any atom is 0.127 e. The largest absolute Gasteiger partial charge is 0.492 e. The van der Waals surface area contributed by atoms with Crippen molar-refractivity contribution in [3.8, 4) is 5.75 Å². The first kappa shape index (κ1) is 15.8. The minimum Gasteiger partial charge on any atom is -0.492 e. The molecular weight excluding hydrogens is 262 g/mol. The maximum atomic E-state index is 5.94. The summed E-state index contributed by atoms with van der Waals surface area (Å²) in [5, 5.41) is 2.42. The molecule has 0 aromatic heterocycles. The lowest BCUT2D eigenvalue weighted by Crippen LogP contribution is -2.38. The molecule has 0 spiro atoms. The zero-order valence-corrected chi connectivity index (χ0v) is 13.0. The first-order valence-corrected chi connectivity index (χ1v) is 7.84. The van der Waals surface area contributed by atoms with Gasteiger partial charge < -0.3 is 9.47 Å². The standard InChI is InChI=1S/C16H19NO2.C2H6/c1-2-6-15-14(4-1)5-3-7-16(15)19-13-10-17-8-11-18-12-9-17;1-2/h1-7H,8-13H2;1-2H3. The van der Waals surface area contributed by atoms with Crippen LogP contribution in [0.25, 0.3) is 10.8 Å². The monoisotopic (exact) mass is 287 g/mol. The summed E-state index contributed by atoms with van der Waals surface area (Å²) in [7, 11) is 0. The van der Waals surface area contributed by atoms with Crippen molar-refractivity contribution in [2.24, 2.45) is 0 Å². The highest BCUT2D eigenvalue weighted by molar-refractivity contribution is 5.88. The van der Waals surface area contributed by atoms with Crippen LogP contribution in [0.4, 0.5) is 0 Å². The first-order chi connectivity index (χ1) is 10.4. The summed E-state index contributed by atoms with van der Waals surface area (Å²) < 4.78 is 11.3. The molecule has 0 bridgehead atoms. The van der Waals surface area contributed by atoms with Gasteiger partial charge in [0.1, 0.15) is 12.4 Å². The molecule has 0 unspecified atom stereocenters. The highest BCUT2D eigenvalue weighted by Gasteiger charge is 2.10. The Morgan fingerprint density at radius 3 is 2.52 bits per heavy atom. The molecule has 0 N–H and O–H groups in total. The molecule has 1 heterocycles. The van der Waals surface area contributed by atoms with Gasteiger partial charge in [0.2, 0.25) is 0 Å². The van der Waals surface area contributed by atoms with Crippen LogP contribution < -0.4 is 4.74 Å². The fraction of sp³-hybridized carbons (Fsp3) is 0.444. The van der Waals surface area contributed by atoms with Crippen molar-refractivity contribution in [1.82, 2.24) is 4.90 Å². The van der Waals surface area contributed by atoms with E-state index in [0.717, 1.165) is 45.2 Å². The Morgan fingerprint density at radius 1 is 1.00 bits per heavy atom. The van der Waals surface area contributed by atoms with E-state index in [9.17, 15) is 0 Å². The molecule has 2 aromatic rings. The van der Waals surface area contributed by atoms with E-state index < -0.39 is 0 Å². The molecule has 0 amide bonds. The zero-order chi connectivity index (χ0) is 14.9. The zero-order valence-electron chi connectivity index (χ0n) is 13.0. The van der Waals surface area contributed by atoms with E-state index in [1.807, 2.05) is 26.0 Å². The minimum atomic E-state index is 0.730. The molecule has 3 nitrogen and oxygen atoms in total. The van der Waals surface area contributed by atoms with E-state index in [1.54, 1.807) is 0 Å². The van der Waals surface area contributed by atoms with Crippen LogP contribution in [0.1, 0.15) is 13.8 Å². The molecule has 1 aliphatic heterocycles. The van der Waals surface area contributed by atoms with Gasteiger partial charge in [-0.25, -0.2) is 0 Å². The number of nitrogens with zero attached hydrogens (tertiary/aromatic N) is 1. The Hall–Kier alpha value is -1.58. The Labute approximate surface area is 127 Å². The van der Waals surface area contributed by atoms with E-state index >= 15 is 0 Å². The van der Waals surface area contributed by atoms with Crippen molar-refractivity contribution in [3.63, 3.8) is 0 Å². The molecule has 0 saturated carbocycles. The van der Waals surface area contributed by atoms with Crippen molar-refractivity contribution < 1.29 is 9.47 Å². The summed E-state index contributed by atoms with van der Waals surface area (Å²) in [5.74, 6) is 0.978. The molecule has 1 saturated heterocycles. The van der Waals surface area contributed by atoms with Gasteiger partial charge in [-0.3, -0.25) is 4.90 Å². The predicted molar refractivity (Wildman–Crippen MR) is 88.1 cm³/mol. The topological polar surface area (TPSA) is 21.7 Å². The molecule has 0 atom stereocenters. The summed E-state index contributed by atoms with van der Waals surface area (Å²) in [6.07, 6.45) is 0. The van der Waals surface area contributed by atoms with Gasteiger partial charge in [-0.1, -0.05) is 50.2 Å². The van der Waals surface area contributed by atoms with Gasteiger partial charge in [0.25, 0.3) is 0 Å². The van der Waals surface area contributed by atoms with Gasteiger partial charge in [-0.2, -0.15) is 0 Å². The van der Waals surface area contributed by atoms with Crippen LogP contribution in [0.3, 0.4) is 0 Å². The second-order valence-corrected chi connectivity index (χ2v) is 4.78. The van der Waals surface area contributed by atoms with Crippen LogP contribution in [-0.2, 0) is 4.74 Å².